The first kappa shape index (κ1) is 20.4. The molecule has 4 aliphatic rings. The van der Waals surface area contributed by atoms with E-state index in [2.05, 4.69) is 24.5 Å². The number of esters is 1. The van der Waals surface area contributed by atoms with Crippen LogP contribution in [0.3, 0.4) is 0 Å². The number of quaternary nitrogens is 1. The molecule has 2 aliphatic carbocycles. The standard InChI is InChI=1S/C25H33ClN2O2/c1-17-5-4-8-25(2)15-23-20(14-22(17)25)21(24(29)30-23)16-27-9-11-28(12-10-27)19-7-3-6-18(26)13-19/h3,6-7,13,20-23H,1,4-5,8-12,14-16H2,2H3/p+1/t20-,21-,22+,23-,25-/m1/s1. The average molecular weight is 430 g/mol. The third kappa shape index (κ3) is 3.67. The zero-order valence-electron chi connectivity index (χ0n) is 18.0. The first-order valence-corrected chi connectivity index (χ1v) is 12.0. The van der Waals surface area contributed by atoms with Crippen LogP contribution in [0.25, 0.3) is 0 Å². The highest BCUT2D eigenvalue weighted by Crippen LogP contribution is 2.56. The lowest BCUT2D eigenvalue weighted by atomic mass is 9.55. The van der Waals surface area contributed by atoms with Crippen LogP contribution < -0.4 is 9.80 Å². The van der Waals surface area contributed by atoms with Gasteiger partial charge >= 0.3 is 5.97 Å². The van der Waals surface area contributed by atoms with E-state index in [1.54, 1.807) is 0 Å². The van der Waals surface area contributed by atoms with Gasteiger partial charge in [-0.1, -0.05) is 36.7 Å². The van der Waals surface area contributed by atoms with Crippen molar-refractivity contribution in [3.8, 4) is 0 Å². The van der Waals surface area contributed by atoms with Crippen LogP contribution in [-0.2, 0) is 9.53 Å². The summed E-state index contributed by atoms with van der Waals surface area (Å²) in [5.74, 6) is 1.06. The molecule has 30 heavy (non-hydrogen) atoms. The minimum Gasteiger partial charge on any atom is -0.462 e. The maximum Gasteiger partial charge on any atom is 0.315 e. The van der Waals surface area contributed by atoms with Gasteiger partial charge in [0.2, 0.25) is 0 Å². The third-order valence-electron chi connectivity index (χ3n) is 8.47. The number of allylic oxidation sites excluding steroid dienone is 1. The van der Waals surface area contributed by atoms with Crippen LogP contribution in [-0.4, -0.2) is 44.8 Å². The smallest absolute Gasteiger partial charge is 0.315 e. The summed E-state index contributed by atoms with van der Waals surface area (Å²) in [6.45, 7) is 11.9. The molecule has 2 aliphatic heterocycles. The van der Waals surface area contributed by atoms with Gasteiger partial charge in [0.15, 0.2) is 0 Å². The molecule has 1 aromatic rings. The molecule has 2 saturated heterocycles. The number of benzene rings is 1. The Morgan fingerprint density at radius 2 is 2.13 bits per heavy atom. The summed E-state index contributed by atoms with van der Waals surface area (Å²) in [7, 11) is 0. The molecule has 5 atom stereocenters. The van der Waals surface area contributed by atoms with Gasteiger partial charge in [-0.2, -0.15) is 0 Å². The Morgan fingerprint density at radius 3 is 2.90 bits per heavy atom. The van der Waals surface area contributed by atoms with Crippen molar-refractivity contribution in [3.63, 3.8) is 0 Å². The Hall–Kier alpha value is -1.52. The molecule has 2 saturated carbocycles. The van der Waals surface area contributed by atoms with Gasteiger partial charge in [-0.05, 0) is 61.6 Å². The molecule has 0 radical (unpaired) electrons. The summed E-state index contributed by atoms with van der Waals surface area (Å²) in [5.41, 5.74) is 2.90. The van der Waals surface area contributed by atoms with Crippen molar-refractivity contribution in [2.75, 3.05) is 37.6 Å². The van der Waals surface area contributed by atoms with Crippen molar-refractivity contribution in [2.24, 2.45) is 23.2 Å². The summed E-state index contributed by atoms with van der Waals surface area (Å²) in [6, 6.07) is 8.11. The zero-order valence-corrected chi connectivity index (χ0v) is 18.8. The lowest BCUT2D eigenvalue weighted by molar-refractivity contribution is -0.903. The van der Waals surface area contributed by atoms with E-state index in [4.69, 9.17) is 16.3 Å². The van der Waals surface area contributed by atoms with Gasteiger partial charge in [0, 0.05) is 16.6 Å². The van der Waals surface area contributed by atoms with Crippen LogP contribution >= 0.6 is 11.6 Å². The number of anilines is 1. The number of rotatable bonds is 3. The average Bonchev–Trinajstić information content (AvgIpc) is 3.01. The Bertz CT molecular complexity index is 834. The molecule has 4 nitrogen and oxygen atoms in total. The van der Waals surface area contributed by atoms with E-state index >= 15 is 0 Å². The number of hydrogen-bond donors (Lipinski definition) is 1. The number of fused-ring (bicyclic) bond motifs is 2. The summed E-state index contributed by atoms with van der Waals surface area (Å²) >= 11 is 6.17. The van der Waals surface area contributed by atoms with E-state index in [1.807, 2.05) is 18.2 Å². The Kier molecular flexibility index (Phi) is 5.35. The third-order valence-corrected chi connectivity index (χ3v) is 8.71. The number of carbonyl (C=O) groups is 1. The van der Waals surface area contributed by atoms with Crippen molar-refractivity contribution in [1.82, 2.24) is 0 Å². The van der Waals surface area contributed by atoms with Gasteiger partial charge in [0.1, 0.15) is 12.0 Å². The lowest BCUT2D eigenvalue weighted by Crippen LogP contribution is -3.15. The van der Waals surface area contributed by atoms with E-state index in [0.29, 0.717) is 11.8 Å². The number of halogens is 1. The summed E-state index contributed by atoms with van der Waals surface area (Å²) in [5, 5.41) is 0.788. The number of nitrogens with one attached hydrogen (secondary N) is 1. The lowest BCUT2D eigenvalue weighted by Gasteiger charge is -2.50. The topological polar surface area (TPSA) is 34.0 Å². The summed E-state index contributed by atoms with van der Waals surface area (Å²) in [4.78, 5) is 16.8. The van der Waals surface area contributed by atoms with Crippen LogP contribution in [0, 0.1) is 23.2 Å². The Morgan fingerprint density at radius 1 is 1.33 bits per heavy atom. The fraction of sp³-hybridized carbons (Fsp3) is 0.640. The first-order chi connectivity index (χ1) is 14.4. The van der Waals surface area contributed by atoms with E-state index in [1.165, 1.54) is 29.0 Å². The molecule has 0 spiro atoms. The number of hydrogen-bond acceptors (Lipinski definition) is 3. The molecule has 0 aromatic heterocycles. The maximum absolute atomic E-state index is 12.8. The summed E-state index contributed by atoms with van der Waals surface area (Å²) < 4.78 is 5.97. The second-order valence-corrected chi connectivity index (χ2v) is 10.8. The normalized spacial score (nSPS) is 36.9. The van der Waals surface area contributed by atoms with Crippen LogP contribution in [0.2, 0.25) is 5.02 Å². The molecular weight excluding hydrogens is 396 g/mol. The number of ether oxygens (including phenoxy) is 1. The van der Waals surface area contributed by atoms with Crippen LogP contribution in [0.4, 0.5) is 5.69 Å². The predicted octanol–water partition coefficient (Wildman–Crippen LogP) is 3.36. The SMILES string of the molecule is C=C1CCC[C@]2(C)C[C@H]3OC(=O)[C@H](C[NH+]4CCN(c5cccc(Cl)c5)CC4)[C@H]3C[C@@H]12. The van der Waals surface area contributed by atoms with Crippen molar-refractivity contribution in [2.45, 2.75) is 45.1 Å². The first-order valence-electron chi connectivity index (χ1n) is 11.7. The molecule has 5 rings (SSSR count). The fourth-order valence-electron chi connectivity index (χ4n) is 6.76. The predicted molar refractivity (Wildman–Crippen MR) is 120 cm³/mol. The zero-order chi connectivity index (χ0) is 20.9. The molecule has 0 amide bonds. The Labute approximate surface area is 185 Å². The fourth-order valence-corrected chi connectivity index (χ4v) is 6.94. The molecular formula is C25H34ClN2O2+. The van der Waals surface area contributed by atoms with Crippen molar-refractivity contribution in [1.29, 1.82) is 0 Å². The highest BCUT2D eigenvalue weighted by atomic mass is 35.5. The van der Waals surface area contributed by atoms with Crippen LogP contribution in [0.5, 0.6) is 0 Å². The van der Waals surface area contributed by atoms with Gasteiger partial charge in [-0.25, -0.2) is 0 Å². The number of carbonyl (C=O) groups excluding carboxylic acids is 1. The van der Waals surface area contributed by atoms with Crippen molar-refractivity contribution < 1.29 is 14.4 Å². The van der Waals surface area contributed by atoms with E-state index in [-0.39, 0.29) is 23.4 Å². The molecule has 162 valence electrons. The van der Waals surface area contributed by atoms with Gasteiger partial charge in [-0.3, -0.25) is 4.79 Å². The van der Waals surface area contributed by atoms with Gasteiger partial charge in [-0.15, -0.1) is 0 Å². The Balaban J connectivity index is 1.23. The largest absolute Gasteiger partial charge is 0.462 e. The van der Waals surface area contributed by atoms with Gasteiger partial charge in [0.05, 0.1) is 32.7 Å². The van der Waals surface area contributed by atoms with Crippen molar-refractivity contribution in [3.05, 3.63) is 41.4 Å². The monoisotopic (exact) mass is 429 g/mol. The molecule has 0 bridgehead atoms. The minimum absolute atomic E-state index is 0.0574. The maximum atomic E-state index is 12.8. The molecule has 1 aromatic carbocycles. The highest BCUT2D eigenvalue weighted by molar-refractivity contribution is 6.30. The molecule has 5 heteroatoms. The number of piperazine rings is 1. The molecule has 1 N–H and O–H groups in total. The minimum atomic E-state index is 0.0574. The van der Waals surface area contributed by atoms with Crippen molar-refractivity contribution >= 4 is 23.3 Å². The molecule has 2 heterocycles. The molecule has 0 unspecified atom stereocenters. The van der Waals surface area contributed by atoms with Gasteiger partial charge in [0.25, 0.3) is 0 Å². The quantitative estimate of drug-likeness (QED) is 0.591. The van der Waals surface area contributed by atoms with Crippen LogP contribution in [0.1, 0.15) is 39.0 Å². The second-order valence-electron chi connectivity index (χ2n) is 10.3. The van der Waals surface area contributed by atoms with E-state index in [0.717, 1.165) is 57.0 Å². The highest BCUT2D eigenvalue weighted by Gasteiger charge is 2.56. The van der Waals surface area contributed by atoms with E-state index in [9.17, 15) is 4.79 Å². The van der Waals surface area contributed by atoms with E-state index < -0.39 is 0 Å². The van der Waals surface area contributed by atoms with Gasteiger partial charge < -0.3 is 14.5 Å². The second kappa shape index (κ2) is 7.87. The van der Waals surface area contributed by atoms with Crippen LogP contribution in [0.15, 0.2) is 36.4 Å². The number of nitrogens with zero attached hydrogens (tertiary/aromatic N) is 1. The summed E-state index contributed by atoms with van der Waals surface area (Å²) in [6.07, 6.45) is 5.90. The molecule has 4 fully saturated rings.